The van der Waals surface area contributed by atoms with Gasteiger partial charge in [-0.25, -0.2) is 0 Å². The van der Waals surface area contributed by atoms with E-state index in [0.29, 0.717) is 4.21 Å². The van der Waals surface area contributed by atoms with Crippen LogP contribution >= 0.6 is 11.3 Å². The topological polar surface area (TPSA) is 53.0 Å². The van der Waals surface area contributed by atoms with Crippen LogP contribution in [0, 0.1) is 0 Å². The van der Waals surface area contributed by atoms with Crippen molar-refractivity contribution in [3.05, 3.63) is 24.4 Å². The van der Waals surface area contributed by atoms with Gasteiger partial charge in [-0.2, -0.15) is 0 Å². The van der Waals surface area contributed by atoms with Crippen molar-refractivity contribution >= 4 is 32.6 Å². The van der Waals surface area contributed by atoms with Crippen LogP contribution in [0.3, 0.4) is 0 Å². The fourth-order valence-electron chi connectivity index (χ4n) is 0.929. The Morgan fingerprint density at radius 2 is 2.31 bits per heavy atom. The van der Waals surface area contributed by atoms with Gasteiger partial charge in [-0.05, 0) is 29.3 Å². The Kier molecular flexibility index (Phi) is 3.65. The molecule has 13 heavy (non-hydrogen) atoms. The average molecular weight is 205 g/mol. The fraction of sp³-hybridized carbons (Fsp3) is 0. The Hall–Kier alpha value is -0.183. The number of nitrogens with zero attached hydrogens (tertiary/aromatic N) is 1. The molecule has 0 aliphatic carbocycles. The van der Waals surface area contributed by atoms with E-state index in [1.807, 2.05) is 6.07 Å². The van der Waals surface area contributed by atoms with Gasteiger partial charge in [0.1, 0.15) is 0 Å². The molecular weight excluding hydrogens is 201 g/mol. The number of aromatic nitrogens is 1. The molecule has 0 aliphatic rings. The van der Waals surface area contributed by atoms with Crippen LogP contribution < -0.4 is 18.9 Å². The molecule has 0 N–H and O–H groups in total. The molecule has 6 heteroatoms. The van der Waals surface area contributed by atoms with Crippen molar-refractivity contribution in [1.82, 2.24) is 4.98 Å². The Morgan fingerprint density at radius 3 is 2.92 bits per heavy atom. The second-order valence-corrected chi connectivity index (χ2v) is 4.44. The van der Waals surface area contributed by atoms with E-state index in [1.54, 1.807) is 18.3 Å². The third-order valence-corrected chi connectivity index (χ3v) is 3.42. The predicted octanol–water partition coefficient (Wildman–Crippen LogP) is -1.46. The van der Waals surface area contributed by atoms with Gasteiger partial charge in [0.05, 0.1) is 14.4 Å². The van der Waals surface area contributed by atoms with Crippen LogP contribution in [0.25, 0.3) is 10.2 Å². The van der Waals surface area contributed by atoms with Gasteiger partial charge in [-0.1, -0.05) is 0 Å². The first-order chi connectivity index (χ1) is 5.77. The van der Waals surface area contributed by atoms with Crippen LogP contribution in [0.15, 0.2) is 28.6 Å². The summed E-state index contributed by atoms with van der Waals surface area (Å²) in [7, 11) is 0. The van der Waals surface area contributed by atoms with Crippen LogP contribution in [0.2, 0.25) is 0 Å². The molecule has 0 saturated heterocycles. The van der Waals surface area contributed by atoms with E-state index in [9.17, 15) is 8.76 Å². The van der Waals surface area contributed by atoms with E-state index in [-0.39, 0.29) is 18.9 Å². The molecule has 0 amide bonds. The molecule has 0 aromatic carbocycles. The Labute approximate surface area is 93.6 Å². The molecule has 0 spiro atoms. The first-order valence-corrected chi connectivity index (χ1v) is 5.10. The van der Waals surface area contributed by atoms with Gasteiger partial charge in [-0.15, -0.1) is 11.3 Å². The van der Waals surface area contributed by atoms with Crippen LogP contribution in [-0.4, -0.2) is 13.7 Å². The minimum Gasteiger partial charge on any atom is -0.768 e. The molecule has 1 unspecified atom stereocenters. The molecule has 0 bridgehead atoms. The van der Waals surface area contributed by atoms with Crippen LogP contribution in [0.1, 0.15) is 0 Å². The van der Waals surface area contributed by atoms with Crippen LogP contribution in [-0.2, 0) is 11.1 Å². The standard InChI is InChI=1S/C7H5NO2S2.Li/c9-12(10)7-4-5-6(11-7)2-1-3-8-5;/h1-4H,(H,9,10);/q;+1/p-1. The Balaban J connectivity index is 0.000000845. The summed E-state index contributed by atoms with van der Waals surface area (Å²) in [5.74, 6) is 0. The maximum atomic E-state index is 10.6. The number of fused-ring (bicyclic) bond motifs is 1. The van der Waals surface area contributed by atoms with Gasteiger partial charge in [-0.3, -0.25) is 9.19 Å². The molecular formula is C7H4LiNO2S2. The van der Waals surface area contributed by atoms with E-state index in [2.05, 4.69) is 4.98 Å². The zero-order valence-electron chi connectivity index (χ0n) is 6.89. The second-order valence-electron chi connectivity index (χ2n) is 2.19. The smallest absolute Gasteiger partial charge is 0.768 e. The first kappa shape index (κ1) is 10.9. The second kappa shape index (κ2) is 4.36. The summed E-state index contributed by atoms with van der Waals surface area (Å²) in [5.41, 5.74) is 0.738. The summed E-state index contributed by atoms with van der Waals surface area (Å²) in [4.78, 5) is 4.02. The van der Waals surface area contributed by atoms with Gasteiger partial charge in [0.15, 0.2) is 0 Å². The van der Waals surface area contributed by atoms with Crippen molar-refractivity contribution in [1.29, 1.82) is 0 Å². The van der Waals surface area contributed by atoms with Crippen LogP contribution in [0.5, 0.6) is 0 Å². The SMILES string of the molecule is O=S([O-])c1cc2ncccc2s1.[Li+]. The number of thiophene rings is 1. The van der Waals surface area contributed by atoms with E-state index in [0.717, 1.165) is 10.2 Å². The normalized spacial score (nSPS) is 12.4. The predicted molar refractivity (Wildman–Crippen MR) is 46.8 cm³/mol. The average Bonchev–Trinajstić information content (AvgIpc) is 2.46. The van der Waals surface area contributed by atoms with E-state index < -0.39 is 11.1 Å². The van der Waals surface area contributed by atoms with Gasteiger partial charge in [0.25, 0.3) is 0 Å². The summed E-state index contributed by atoms with van der Waals surface area (Å²) >= 11 is -0.903. The van der Waals surface area contributed by atoms with E-state index >= 15 is 0 Å². The molecule has 62 valence electrons. The summed E-state index contributed by atoms with van der Waals surface area (Å²) in [5, 5.41) is 0. The van der Waals surface area contributed by atoms with E-state index in [1.165, 1.54) is 11.3 Å². The Morgan fingerprint density at radius 1 is 1.54 bits per heavy atom. The third-order valence-electron chi connectivity index (χ3n) is 1.43. The minimum atomic E-state index is -2.13. The van der Waals surface area contributed by atoms with Gasteiger partial charge in [0, 0.05) is 6.20 Å². The van der Waals surface area contributed by atoms with Crippen molar-refractivity contribution in [3.63, 3.8) is 0 Å². The van der Waals surface area contributed by atoms with Gasteiger partial charge < -0.3 is 4.55 Å². The summed E-state index contributed by atoms with van der Waals surface area (Å²) in [6.07, 6.45) is 1.65. The third kappa shape index (κ3) is 2.19. The molecule has 3 nitrogen and oxygen atoms in total. The van der Waals surface area contributed by atoms with Gasteiger partial charge in [0.2, 0.25) is 0 Å². The minimum absolute atomic E-state index is 0. The summed E-state index contributed by atoms with van der Waals surface area (Å²) in [6.45, 7) is 0. The molecule has 1 atom stereocenters. The van der Waals surface area contributed by atoms with Crippen molar-refractivity contribution in [2.75, 3.05) is 0 Å². The monoisotopic (exact) mass is 205 g/mol. The van der Waals surface area contributed by atoms with Gasteiger partial charge >= 0.3 is 18.9 Å². The molecule has 0 aliphatic heterocycles. The van der Waals surface area contributed by atoms with Crippen molar-refractivity contribution in [2.45, 2.75) is 4.21 Å². The number of hydrogen-bond donors (Lipinski definition) is 0. The van der Waals surface area contributed by atoms with E-state index in [4.69, 9.17) is 0 Å². The molecule has 0 radical (unpaired) electrons. The molecule has 2 aromatic rings. The fourth-order valence-corrected chi connectivity index (χ4v) is 2.43. The maximum absolute atomic E-state index is 10.6. The van der Waals surface area contributed by atoms with Crippen molar-refractivity contribution in [3.8, 4) is 0 Å². The van der Waals surface area contributed by atoms with Crippen molar-refractivity contribution in [2.24, 2.45) is 0 Å². The molecule has 2 aromatic heterocycles. The summed E-state index contributed by atoms with van der Waals surface area (Å²) < 4.78 is 22.3. The molecule has 0 saturated carbocycles. The maximum Gasteiger partial charge on any atom is 1.00 e. The number of hydrogen-bond acceptors (Lipinski definition) is 4. The number of pyridine rings is 1. The Bertz CT molecular complexity index is 410. The zero-order chi connectivity index (χ0) is 8.55. The largest absolute Gasteiger partial charge is 1.00 e. The molecule has 0 fully saturated rings. The summed E-state index contributed by atoms with van der Waals surface area (Å²) in [6, 6.07) is 5.21. The zero-order valence-corrected chi connectivity index (χ0v) is 8.52. The first-order valence-electron chi connectivity index (χ1n) is 3.21. The molecule has 2 heterocycles. The number of rotatable bonds is 1. The quantitative estimate of drug-likeness (QED) is 0.422. The van der Waals surface area contributed by atoms with Crippen LogP contribution in [0.4, 0.5) is 0 Å². The molecule has 2 rings (SSSR count). The van der Waals surface area contributed by atoms with Crippen molar-refractivity contribution < 1.29 is 27.6 Å².